The summed E-state index contributed by atoms with van der Waals surface area (Å²) in [6.45, 7) is 7.59. The quantitative estimate of drug-likeness (QED) is 0.552. The van der Waals surface area contributed by atoms with Crippen molar-refractivity contribution in [1.29, 1.82) is 0 Å². The molecule has 9 heavy (non-hydrogen) atoms. The maximum absolute atomic E-state index is 9.20. The Morgan fingerprint density at radius 2 is 2.00 bits per heavy atom. The Hall–Kier alpha value is -0.0800. The van der Waals surface area contributed by atoms with Crippen LogP contribution >= 0.6 is 0 Å². The van der Waals surface area contributed by atoms with Crippen LogP contribution in [0.15, 0.2) is 0 Å². The van der Waals surface area contributed by atoms with Crippen molar-refractivity contribution in [1.82, 2.24) is 5.32 Å². The van der Waals surface area contributed by atoms with Crippen molar-refractivity contribution in [3.05, 3.63) is 0 Å². The van der Waals surface area contributed by atoms with Gasteiger partial charge in [0.15, 0.2) is 0 Å². The molecule has 0 heterocycles. The Labute approximate surface area is 57.3 Å². The van der Waals surface area contributed by atoms with Crippen LogP contribution in [0, 0.1) is 0 Å². The molecule has 0 rings (SSSR count). The molecule has 0 unspecified atom stereocenters. The summed E-state index contributed by atoms with van der Waals surface area (Å²) in [5.41, 5.74) is -0.512. The molecule has 2 nitrogen and oxygen atoms in total. The molecule has 0 aliphatic heterocycles. The van der Waals surface area contributed by atoms with Crippen molar-refractivity contribution in [2.75, 3.05) is 13.1 Å². The number of nitrogens with one attached hydrogen (secondary N) is 1. The van der Waals surface area contributed by atoms with Gasteiger partial charge in [-0.05, 0) is 33.4 Å². The molecule has 0 aromatic carbocycles. The van der Waals surface area contributed by atoms with Crippen molar-refractivity contribution in [2.45, 2.75) is 32.8 Å². The first-order valence-corrected chi connectivity index (χ1v) is 3.49. The second-order valence-electron chi connectivity index (χ2n) is 2.92. The van der Waals surface area contributed by atoms with Crippen LogP contribution in [0.4, 0.5) is 0 Å². The molecule has 0 spiro atoms. The molecule has 56 valence electrons. The van der Waals surface area contributed by atoms with Crippen molar-refractivity contribution in [3.8, 4) is 0 Å². The van der Waals surface area contributed by atoms with Gasteiger partial charge in [-0.3, -0.25) is 0 Å². The minimum atomic E-state index is -0.512. The predicted molar refractivity (Wildman–Crippen MR) is 39.5 cm³/mol. The highest BCUT2D eigenvalue weighted by atomic mass is 16.3. The van der Waals surface area contributed by atoms with Crippen LogP contribution in [0.25, 0.3) is 0 Å². The first kappa shape index (κ1) is 8.92. The van der Waals surface area contributed by atoms with Crippen molar-refractivity contribution in [2.24, 2.45) is 0 Å². The molecule has 0 atom stereocenters. The highest BCUT2D eigenvalue weighted by molar-refractivity contribution is 4.65. The Morgan fingerprint density at radius 1 is 1.44 bits per heavy atom. The minimum absolute atomic E-state index is 0.512. The lowest BCUT2D eigenvalue weighted by Gasteiger charge is -2.16. The molecule has 0 saturated carbocycles. The van der Waals surface area contributed by atoms with E-state index in [-0.39, 0.29) is 0 Å². The SMILES string of the molecule is CCNCCC(C)(C)O. The van der Waals surface area contributed by atoms with Gasteiger partial charge in [-0.1, -0.05) is 6.92 Å². The Balaban J connectivity index is 3.07. The lowest BCUT2D eigenvalue weighted by Crippen LogP contribution is -2.26. The fourth-order valence-corrected chi connectivity index (χ4v) is 0.571. The average molecular weight is 131 g/mol. The number of aliphatic hydroxyl groups is 1. The lowest BCUT2D eigenvalue weighted by molar-refractivity contribution is 0.0714. The smallest absolute Gasteiger partial charge is 0.0603 e. The second-order valence-corrected chi connectivity index (χ2v) is 2.92. The zero-order valence-corrected chi connectivity index (χ0v) is 6.57. The molecule has 0 fully saturated rings. The molecule has 0 aliphatic rings. The van der Waals surface area contributed by atoms with Crippen molar-refractivity contribution in [3.63, 3.8) is 0 Å². The molecule has 0 bridgehead atoms. The van der Waals surface area contributed by atoms with E-state index in [0.717, 1.165) is 19.5 Å². The van der Waals surface area contributed by atoms with Crippen molar-refractivity contribution < 1.29 is 5.11 Å². The van der Waals surface area contributed by atoms with Gasteiger partial charge in [0.05, 0.1) is 5.60 Å². The summed E-state index contributed by atoms with van der Waals surface area (Å²) in [5, 5.41) is 12.3. The summed E-state index contributed by atoms with van der Waals surface area (Å²) in [6, 6.07) is 0. The summed E-state index contributed by atoms with van der Waals surface area (Å²) >= 11 is 0. The van der Waals surface area contributed by atoms with E-state index in [0.29, 0.717) is 0 Å². The summed E-state index contributed by atoms with van der Waals surface area (Å²) in [4.78, 5) is 0. The van der Waals surface area contributed by atoms with Crippen LogP contribution in [-0.4, -0.2) is 23.8 Å². The molecule has 0 saturated heterocycles. The van der Waals surface area contributed by atoms with Crippen molar-refractivity contribution >= 4 is 0 Å². The number of hydrogen-bond acceptors (Lipinski definition) is 2. The van der Waals surface area contributed by atoms with E-state index in [1.54, 1.807) is 0 Å². The van der Waals surface area contributed by atoms with Crippen LogP contribution in [0.3, 0.4) is 0 Å². The summed E-state index contributed by atoms with van der Waals surface area (Å²) in [7, 11) is 0. The number of rotatable bonds is 4. The fourth-order valence-electron chi connectivity index (χ4n) is 0.571. The van der Waals surface area contributed by atoms with E-state index in [1.807, 2.05) is 13.8 Å². The largest absolute Gasteiger partial charge is 0.390 e. The van der Waals surface area contributed by atoms with Gasteiger partial charge in [-0.15, -0.1) is 0 Å². The van der Waals surface area contributed by atoms with E-state index in [4.69, 9.17) is 0 Å². The Morgan fingerprint density at radius 3 is 2.33 bits per heavy atom. The van der Waals surface area contributed by atoms with Gasteiger partial charge < -0.3 is 10.4 Å². The third-order valence-electron chi connectivity index (χ3n) is 1.16. The standard InChI is InChI=1S/C7H17NO/c1-4-8-6-5-7(2,3)9/h8-9H,4-6H2,1-3H3. The first-order valence-electron chi connectivity index (χ1n) is 3.49. The minimum Gasteiger partial charge on any atom is -0.390 e. The summed E-state index contributed by atoms with van der Waals surface area (Å²) in [6.07, 6.45) is 0.820. The van der Waals surface area contributed by atoms with Gasteiger partial charge in [0.2, 0.25) is 0 Å². The van der Waals surface area contributed by atoms with Crippen LogP contribution in [0.1, 0.15) is 27.2 Å². The Bertz CT molecular complexity index is 65.8. The van der Waals surface area contributed by atoms with Gasteiger partial charge in [0, 0.05) is 0 Å². The van der Waals surface area contributed by atoms with Crippen LogP contribution in [0.5, 0.6) is 0 Å². The summed E-state index contributed by atoms with van der Waals surface area (Å²) in [5.74, 6) is 0. The molecule has 2 heteroatoms. The number of hydrogen-bond donors (Lipinski definition) is 2. The van der Waals surface area contributed by atoms with E-state index in [9.17, 15) is 5.11 Å². The monoisotopic (exact) mass is 131 g/mol. The van der Waals surface area contributed by atoms with Crippen LogP contribution < -0.4 is 5.32 Å². The fraction of sp³-hybridized carbons (Fsp3) is 1.00. The molecule has 0 amide bonds. The molecular formula is C7H17NO. The van der Waals surface area contributed by atoms with Gasteiger partial charge in [0.1, 0.15) is 0 Å². The lowest BCUT2D eigenvalue weighted by atomic mass is 10.1. The zero-order chi connectivity index (χ0) is 7.33. The summed E-state index contributed by atoms with van der Waals surface area (Å²) < 4.78 is 0. The van der Waals surface area contributed by atoms with Crippen LogP contribution in [0.2, 0.25) is 0 Å². The maximum Gasteiger partial charge on any atom is 0.0603 e. The third kappa shape index (κ3) is 7.92. The van der Waals surface area contributed by atoms with Gasteiger partial charge in [-0.25, -0.2) is 0 Å². The zero-order valence-electron chi connectivity index (χ0n) is 6.57. The topological polar surface area (TPSA) is 32.3 Å². The maximum atomic E-state index is 9.20. The average Bonchev–Trinajstić information content (AvgIpc) is 1.63. The van der Waals surface area contributed by atoms with E-state index >= 15 is 0 Å². The van der Waals surface area contributed by atoms with E-state index in [1.165, 1.54) is 0 Å². The van der Waals surface area contributed by atoms with Gasteiger partial charge in [-0.2, -0.15) is 0 Å². The predicted octanol–water partition coefficient (Wildman–Crippen LogP) is 0.757. The highest BCUT2D eigenvalue weighted by Crippen LogP contribution is 2.04. The second kappa shape index (κ2) is 3.85. The first-order chi connectivity index (χ1) is 4.06. The van der Waals surface area contributed by atoms with E-state index < -0.39 is 5.60 Å². The third-order valence-corrected chi connectivity index (χ3v) is 1.16. The Kier molecular flexibility index (Phi) is 3.82. The molecule has 0 aromatic rings. The van der Waals surface area contributed by atoms with Gasteiger partial charge >= 0.3 is 0 Å². The molecular weight excluding hydrogens is 114 g/mol. The molecule has 0 radical (unpaired) electrons. The molecule has 2 N–H and O–H groups in total. The van der Waals surface area contributed by atoms with Gasteiger partial charge in [0.25, 0.3) is 0 Å². The molecule has 0 aliphatic carbocycles. The molecule has 0 aromatic heterocycles. The highest BCUT2D eigenvalue weighted by Gasteiger charge is 2.09. The van der Waals surface area contributed by atoms with E-state index in [2.05, 4.69) is 12.2 Å². The normalized spacial score (nSPS) is 12.0. The van der Waals surface area contributed by atoms with Crippen LogP contribution in [-0.2, 0) is 0 Å².